The number of rotatable bonds is 4. The molecule has 6 nitrogen and oxygen atoms in total. The first-order valence-electron chi connectivity index (χ1n) is 7.80. The van der Waals surface area contributed by atoms with E-state index in [9.17, 15) is 18.4 Å². The van der Waals surface area contributed by atoms with Gasteiger partial charge in [-0.1, -0.05) is 24.3 Å². The molecule has 1 unspecified atom stereocenters. The van der Waals surface area contributed by atoms with Crippen LogP contribution in [0.4, 0.5) is 25.0 Å². The van der Waals surface area contributed by atoms with Crippen molar-refractivity contribution in [2.75, 3.05) is 17.7 Å². The summed E-state index contributed by atoms with van der Waals surface area (Å²) in [5.41, 5.74) is 2.17. The fraction of sp³-hybridized carbons (Fsp3) is 0.222. The van der Waals surface area contributed by atoms with E-state index in [2.05, 4.69) is 20.1 Å². The quantitative estimate of drug-likeness (QED) is 0.864. The standard InChI is InChI=1S/C18H16F2N2O4/c1-25-18(24)21-10-6-7-11-13(9-16(23)22-14(11)8-10)12-4-2-3-5-15(12)26-17(19)20/h2-8,13,17H,9H2,1H3,(H,21,24)(H,22,23). The van der Waals surface area contributed by atoms with Gasteiger partial charge in [-0.05, 0) is 23.8 Å². The maximum atomic E-state index is 12.7. The lowest BCUT2D eigenvalue weighted by Gasteiger charge is -2.27. The predicted molar refractivity (Wildman–Crippen MR) is 90.6 cm³/mol. The molecule has 2 amide bonds. The van der Waals surface area contributed by atoms with E-state index in [1.807, 2.05) is 0 Å². The molecular weight excluding hydrogens is 346 g/mol. The van der Waals surface area contributed by atoms with Crippen molar-refractivity contribution >= 4 is 23.4 Å². The summed E-state index contributed by atoms with van der Waals surface area (Å²) in [6.45, 7) is -2.96. The van der Waals surface area contributed by atoms with E-state index in [4.69, 9.17) is 0 Å². The van der Waals surface area contributed by atoms with E-state index < -0.39 is 18.6 Å². The van der Waals surface area contributed by atoms with Crippen molar-refractivity contribution in [2.45, 2.75) is 19.0 Å². The molecule has 1 heterocycles. The van der Waals surface area contributed by atoms with Crippen molar-refractivity contribution < 1.29 is 27.8 Å². The predicted octanol–water partition coefficient (Wildman–Crippen LogP) is 3.94. The average molecular weight is 362 g/mol. The smallest absolute Gasteiger partial charge is 0.411 e. The summed E-state index contributed by atoms with van der Waals surface area (Å²) in [5, 5.41) is 5.24. The van der Waals surface area contributed by atoms with Gasteiger partial charge in [-0.2, -0.15) is 8.78 Å². The third-order valence-electron chi connectivity index (χ3n) is 4.03. The van der Waals surface area contributed by atoms with Crippen LogP contribution < -0.4 is 15.4 Å². The van der Waals surface area contributed by atoms with Gasteiger partial charge in [-0.15, -0.1) is 0 Å². The lowest BCUT2D eigenvalue weighted by molar-refractivity contribution is -0.116. The number of carbonyl (C=O) groups excluding carboxylic acids is 2. The fourth-order valence-corrected chi connectivity index (χ4v) is 2.96. The second-order valence-corrected chi connectivity index (χ2v) is 5.64. The summed E-state index contributed by atoms with van der Waals surface area (Å²) < 4.78 is 34.5. The number of halogens is 2. The van der Waals surface area contributed by atoms with Crippen LogP contribution in [0.1, 0.15) is 23.5 Å². The Balaban J connectivity index is 1.99. The van der Waals surface area contributed by atoms with Crippen LogP contribution in [-0.2, 0) is 9.53 Å². The highest BCUT2D eigenvalue weighted by molar-refractivity contribution is 5.97. The molecule has 3 rings (SSSR count). The van der Waals surface area contributed by atoms with Crippen LogP contribution in [0.3, 0.4) is 0 Å². The highest BCUT2D eigenvalue weighted by Gasteiger charge is 2.29. The number of hydrogen-bond acceptors (Lipinski definition) is 4. The molecule has 8 heteroatoms. The Morgan fingerprint density at radius 3 is 2.73 bits per heavy atom. The van der Waals surface area contributed by atoms with Crippen LogP contribution in [-0.4, -0.2) is 25.7 Å². The van der Waals surface area contributed by atoms with Gasteiger partial charge in [0.15, 0.2) is 0 Å². The van der Waals surface area contributed by atoms with Crippen LogP contribution in [0.15, 0.2) is 42.5 Å². The first kappa shape index (κ1) is 17.7. The van der Waals surface area contributed by atoms with E-state index in [0.717, 1.165) is 5.56 Å². The number of amides is 2. The monoisotopic (exact) mass is 362 g/mol. The largest absolute Gasteiger partial charge is 0.453 e. The molecule has 0 radical (unpaired) electrons. The summed E-state index contributed by atoms with van der Waals surface area (Å²) in [6, 6.07) is 11.4. The summed E-state index contributed by atoms with van der Waals surface area (Å²) in [6.07, 6.45) is -0.542. The zero-order chi connectivity index (χ0) is 18.7. The Labute approximate surface area is 148 Å². The summed E-state index contributed by atoms with van der Waals surface area (Å²) >= 11 is 0. The zero-order valence-corrected chi connectivity index (χ0v) is 13.8. The van der Waals surface area contributed by atoms with Gasteiger partial charge in [0.05, 0.1) is 7.11 Å². The maximum Gasteiger partial charge on any atom is 0.411 e. The highest BCUT2D eigenvalue weighted by Crippen LogP contribution is 2.41. The molecular formula is C18H16F2N2O4. The Hall–Kier alpha value is -3.16. The van der Waals surface area contributed by atoms with Crippen LogP contribution in [0.25, 0.3) is 0 Å². The number of benzene rings is 2. The summed E-state index contributed by atoms with van der Waals surface area (Å²) in [7, 11) is 1.24. The average Bonchev–Trinajstić information content (AvgIpc) is 2.60. The molecule has 1 atom stereocenters. The molecule has 0 spiro atoms. The van der Waals surface area contributed by atoms with Gasteiger partial charge in [0, 0.05) is 29.3 Å². The van der Waals surface area contributed by atoms with E-state index >= 15 is 0 Å². The van der Waals surface area contributed by atoms with Gasteiger partial charge < -0.3 is 14.8 Å². The number of nitrogens with one attached hydrogen (secondary N) is 2. The number of hydrogen-bond donors (Lipinski definition) is 2. The van der Waals surface area contributed by atoms with Crippen LogP contribution >= 0.6 is 0 Å². The number of ether oxygens (including phenoxy) is 2. The molecule has 2 aromatic rings. The van der Waals surface area contributed by atoms with Crippen molar-refractivity contribution in [3.63, 3.8) is 0 Å². The van der Waals surface area contributed by atoms with Crippen LogP contribution in [0.2, 0.25) is 0 Å². The zero-order valence-electron chi connectivity index (χ0n) is 13.8. The Morgan fingerprint density at radius 2 is 2.00 bits per heavy atom. The van der Waals surface area contributed by atoms with E-state index in [1.54, 1.807) is 36.4 Å². The molecule has 136 valence electrons. The van der Waals surface area contributed by atoms with E-state index in [0.29, 0.717) is 16.9 Å². The number of alkyl halides is 2. The second-order valence-electron chi connectivity index (χ2n) is 5.64. The molecule has 0 bridgehead atoms. The minimum absolute atomic E-state index is 0.0323. The second kappa shape index (κ2) is 7.38. The fourth-order valence-electron chi connectivity index (χ4n) is 2.96. The molecule has 0 aliphatic carbocycles. The topological polar surface area (TPSA) is 76.7 Å². The molecule has 0 saturated carbocycles. The highest BCUT2D eigenvalue weighted by atomic mass is 19.3. The van der Waals surface area contributed by atoms with Gasteiger partial charge in [0.2, 0.25) is 5.91 Å². The van der Waals surface area contributed by atoms with Gasteiger partial charge in [-0.3, -0.25) is 10.1 Å². The van der Waals surface area contributed by atoms with Gasteiger partial charge >= 0.3 is 12.7 Å². The Bertz CT molecular complexity index is 842. The Kier molecular flexibility index (Phi) is 5.01. The molecule has 0 saturated heterocycles. The van der Waals surface area contributed by atoms with Gasteiger partial charge in [0.25, 0.3) is 0 Å². The van der Waals surface area contributed by atoms with Crippen molar-refractivity contribution in [1.29, 1.82) is 0 Å². The van der Waals surface area contributed by atoms with Crippen LogP contribution in [0, 0.1) is 0 Å². The number of para-hydroxylation sites is 1. The third-order valence-corrected chi connectivity index (χ3v) is 4.03. The van der Waals surface area contributed by atoms with Crippen molar-refractivity contribution in [1.82, 2.24) is 0 Å². The number of anilines is 2. The van der Waals surface area contributed by atoms with Crippen LogP contribution in [0.5, 0.6) is 5.75 Å². The first-order valence-corrected chi connectivity index (χ1v) is 7.80. The number of carbonyl (C=O) groups is 2. The summed E-state index contributed by atoms with van der Waals surface area (Å²) in [5.74, 6) is -0.671. The Morgan fingerprint density at radius 1 is 1.23 bits per heavy atom. The lowest BCUT2D eigenvalue weighted by atomic mass is 9.84. The molecule has 1 aliphatic rings. The summed E-state index contributed by atoms with van der Waals surface area (Å²) in [4.78, 5) is 23.5. The van der Waals surface area contributed by atoms with Gasteiger partial charge in [-0.25, -0.2) is 4.79 Å². The minimum atomic E-state index is -2.96. The van der Waals surface area contributed by atoms with Crippen molar-refractivity contribution in [3.8, 4) is 5.75 Å². The minimum Gasteiger partial charge on any atom is -0.453 e. The van der Waals surface area contributed by atoms with Gasteiger partial charge in [0.1, 0.15) is 5.75 Å². The normalized spacial score (nSPS) is 15.8. The number of fused-ring (bicyclic) bond motifs is 1. The molecule has 26 heavy (non-hydrogen) atoms. The SMILES string of the molecule is COC(=O)Nc1ccc2c(c1)NC(=O)CC2c1ccccc1OC(F)F. The number of methoxy groups -OCH3 is 1. The van der Waals surface area contributed by atoms with E-state index in [1.165, 1.54) is 13.2 Å². The molecule has 1 aliphatic heterocycles. The van der Waals surface area contributed by atoms with Crippen molar-refractivity contribution in [3.05, 3.63) is 53.6 Å². The molecule has 0 aromatic heterocycles. The third kappa shape index (κ3) is 3.74. The van der Waals surface area contributed by atoms with E-state index in [-0.39, 0.29) is 18.1 Å². The maximum absolute atomic E-state index is 12.7. The molecule has 2 N–H and O–H groups in total. The lowest BCUT2D eigenvalue weighted by Crippen LogP contribution is -2.24. The van der Waals surface area contributed by atoms with Crippen molar-refractivity contribution in [2.24, 2.45) is 0 Å². The molecule has 2 aromatic carbocycles. The first-order chi connectivity index (χ1) is 12.5. The molecule has 0 fully saturated rings.